The van der Waals surface area contributed by atoms with Crippen LogP contribution in [0.4, 0.5) is 10.1 Å². The van der Waals surface area contributed by atoms with Crippen molar-refractivity contribution >= 4 is 22.4 Å². The van der Waals surface area contributed by atoms with E-state index in [1.807, 2.05) is 6.07 Å². The predicted molar refractivity (Wildman–Crippen MR) is 85.8 cm³/mol. The first kappa shape index (κ1) is 14.9. The van der Waals surface area contributed by atoms with Gasteiger partial charge >= 0.3 is 0 Å². The van der Waals surface area contributed by atoms with Crippen LogP contribution in [0.2, 0.25) is 0 Å². The van der Waals surface area contributed by atoms with Crippen molar-refractivity contribution in [3.05, 3.63) is 70.4 Å². The van der Waals surface area contributed by atoms with Crippen LogP contribution in [0, 0.1) is 12.7 Å². The normalized spacial score (nSPS) is 10.7. The second kappa shape index (κ2) is 6.00. The molecule has 0 atom stereocenters. The fourth-order valence-corrected chi connectivity index (χ4v) is 2.29. The quantitative estimate of drug-likeness (QED) is 0.808. The van der Waals surface area contributed by atoms with E-state index in [-0.39, 0.29) is 12.1 Å². The lowest BCUT2D eigenvalue weighted by atomic mass is 10.2. The highest BCUT2D eigenvalue weighted by Gasteiger charge is 2.10. The standard InChI is InChI=1S/C17H14FN3O2/c1-11-6-7-13(18)8-15(11)20-16(22)10-21-17(23)14-5-3-2-4-12(14)9-19-21/h2-9H,10H2,1H3,(H,20,22). The molecular formula is C17H14FN3O2. The van der Waals surface area contributed by atoms with Crippen molar-refractivity contribution in [2.45, 2.75) is 13.5 Å². The van der Waals surface area contributed by atoms with Crippen LogP contribution in [0.5, 0.6) is 0 Å². The highest BCUT2D eigenvalue weighted by atomic mass is 19.1. The fraction of sp³-hybridized carbons (Fsp3) is 0.118. The number of hydrogen-bond donors (Lipinski definition) is 1. The van der Waals surface area contributed by atoms with Gasteiger partial charge < -0.3 is 5.32 Å². The summed E-state index contributed by atoms with van der Waals surface area (Å²) in [7, 11) is 0. The van der Waals surface area contributed by atoms with E-state index >= 15 is 0 Å². The van der Waals surface area contributed by atoms with Crippen molar-refractivity contribution in [3.8, 4) is 0 Å². The van der Waals surface area contributed by atoms with Crippen LogP contribution >= 0.6 is 0 Å². The first-order valence-corrected chi connectivity index (χ1v) is 7.05. The number of fused-ring (bicyclic) bond motifs is 1. The number of amides is 1. The van der Waals surface area contributed by atoms with Crippen LogP contribution in [0.3, 0.4) is 0 Å². The van der Waals surface area contributed by atoms with E-state index < -0.39 is 11.7 Å². The van der Waals surface area contributed by atoms with E-state index in [2.05, 4.69) is 10.4 Å². The molecule has 0 unspecified atom stereocenters. The molecule has 0 aliphatic rings. The molecule has 1 amide bonds. The monoisotopic (exact) mass is 311 g/mol. The molecule has 0 radical (unpaired) electrons. The number of carbonyl (C=O) groups excluding carboxylic acids is 1. The number of hydrogen-bond acceptors (Lipinski definition) is 3. The molecule has 1 N–H and O–H groups in total. The van der Waals surface area contributed by atoms with Gasteiger partial charge in [0.15, 0.2) is 0 Å². The van der Waals surface area contributed by atoms with Gasteiger partial charge in [-0.1, -0.05) is 24.3 Å². The molecule has 3 rings (SSSR count). The largest absolute Gasteiger partial charge is 0.324 e. The Hall–Kier alpha value is -3.02. The molecule has 116 valence electrons. The van der Waals surface area contributed by atoms with Gasteiger partial charge in [-0.05, 0) is 30.7 Å². The summed E-state index contributed by atoms with van der Waals surface area (Å²) in [6, 6.07) is 11.2. The Morgan fingerprint density at radius 1 is 1.26 bits per heavy atom. The highest BCUT2D eigenvalue weighted by molar-refractivity contribution is 5.91. The molecule has 23 heavy (non-hydrogen) atoms. The molecule has 1 aromatic heterocycles. The number of halogens is 1. The summed E-state index contributed by atoms with van der Waals surface area (Å²) in [6.45, 7) is 1.52. The van der Waals surface area contributed by atoms with Crippen LogP contribution in [-0.4, -0.2) is 15.7 Å². The lowest BCUT2D eigenvalue weighted by Gasteiger charge is -2.09. The Morgan fingerprint density at radius 3 is 2.87 bits per heavy atom. The van der Waals surface area contributed by atoms with Gasteiger partial charge in [0.2, 0.25) is 5.91 Å². The van der Waals surface area contributed by atoms with Crippen molar-refractivity contribution in [1.29, 1.82) is 0 Å². The number of anilines is 1. The molecule has 0 saturated carbocycles. The predicted octanol–water partition coefficient (Wildman–Crippen LogP) is 2.48. The summed E-state index contributed by atoms with van der Waals surface area (Å²) >= 11 is 0. The summed E-state index contributed by atoms with van der Waals surface area (Å²) in [5.41, 5.74) is 0.775. The Balaban J connectivity index is 1.84. The zero-order chi connectivity index (χ0) is 16.4. The molecule has 1 heterocycles. The number of nitrogens with zero attached hydrogens (tertiary/aromatic N) is 2. The van der Waals surface area contributed by atoms with Crippen molar-refractivity contribution in [2.75, 3.05) is 5.32 Å². The van der Waals surface area contributed by atoms with Crippen LogP contribution in [-0.2, 0) is 11.3 Å². The summed E-state index contributed by atoms with van der Waals surface area (Å²) in [6.07, 6.45) is 1.54. The second-order valence-corrected chi connectivity index (χ2v) is 5.20. The lowest BCUT2D eigenvalue weighted by Crippen LogP contribution is -2.29. The third kappa shape index (κ3) is 3.11. The Morgan fingerprint density at radius 2 is 2.04 bits per heavy atom. The van der Waals surface area contributed by atoms with Crippen LogP contribution in [0.15, 0.2) is 53.5 Å². The average molecular weight is 311 g/mol. The summed E-state index contributed by atoms with van der Waals surface area (Å²) in [4.78, 5) is 24.4. The van der Waals surface area contributed by atoms with E-state index in [1.54, 1.807) is 31.2 Å². The maximum absolute atomic E-state index is 13.2. The molecule has 0 fully saturated rings. The van der Waals surface area contributed by atoms with Crippen LogP contribution < -0.4 is 10.9 Å². The number of aryl methyl sites for hydroxylation is 1. The van der Waals surface area contributed by atoms with E-state index in [9.17, 15) is 14.0 Å². The van der Waals surface area contributed by atoms with Crippen LogP contribution in [0.1, 0.15) is 5.56 Å². The molecule has 0 spiro atoms. The van der Waals surface area contributed by atoms with Gasteiger partial charge in [0.25, 0.3) is 5.56 Å². The number of aromatic nitrogens is 2. The number of rotatable bonds is 3. The van der Waals surface area contributed by atoms with E-state index in [0.29, 0.717) is 11.1 Å². The molecule has 0 aliphatic heterocycles. The minimum absolute atomic E-state index is 0.236. The first-order valence-electron chi connectivity index (χ1n) is 7.05. The third-order valence-corrected chi connectivity index (χ3v) is 3.53. The first-order chi connectivity index (χ1) is 11.0. The van der Waals surface area contributed by atoms with Gasteiger partial charge in [-0.2, -0.15) is 5.10 Å². The highest BCUT2D eigenvalue weighted by Crippen LogP contribution is 2.15. The molecule has 6 heteroatoms. The van der Waals surface area contributed by atoms with Crippen molar-refractivity contribution < 1.29 is 9.18 Å². The zero-order valence-electron chi connectivity index (χ0n) is 12.4. The second-order valence-electron chi connectivity index (χ2n) is 5.20. The average Bonchev–Trinajstić information content (AvgIpc) is 2.54. The van der Waals surface area contributed by atoms with Gasteiger partial charge in [-0.25, -0.2) is 9.07 Å². The van der Waals surface area contributed by atoms with Gasteiger partial charge in [0, 0.05) is 11.1 Å². The van der Waals surface area contributed by atoms with Gasteiger partial charge in [-0.15, -0.1) is 0 Å². The number of benzene rings is 2. The van der Waals surface area contributed by atoms with Crippen molar-refractivity contribution in [1.82, 2.24) is 9.78 Å². The molecule has 0 aliphatic carbocycles. The SMILES string of the molecule is Cc1ccc(F)cc1NC(=O)Cn1ncc2ccccc2c1=O. The summed E-state index contributed by atoms with van der Waals surface area (Å²) in [5.74, 6) is -0.879. The molecule has 5 nitrogen and oxygen atoms in total. The van der Waals surface area contributed by atoms with Gasteiger partial charge in [0.05, 0.1) is 11.6 Å². The summed E-state index contributed by atoms with van der Waals surface area (Å²) in [5, 5.41) is 7.81. The minimum atomic E-state index is -0.441. The van der Waals surface area contributed by atoms with Crippen LogP contribution in [0.25, 0.3) is 10.8 Å². The molecule has 3 aromatic rings. The zero-order valence-corrected chi connectivity index (χ0v) is 12.4. The number of nitrogens with one attached hydrogen (secondary N) is 1. The third-order valence-electron chi connectivity index (χ3n) is 3.53. The molecule has 2 aromatic carbocycles. The van der Waals surface area contributed by atoms with E-state index in [1.165, 1.54) is 18.3 Å². The maximum Gasteiger partial charge on any atom is 0.275 e. The van der Waals surface area contributed by atoms with Gasteiger partial charge in [-0.3, -0.25) is 9.59 Å². The Bertz CT molecular complexity index is 950. The smallest absolute Gasteiger partial charge is 0.275 e. The van der Waals surface area contributed by atoms with Gasteiger partial charge in [0.1, 0.15) is 12.4 Å². The van der Waals surface area contributed by atoms with Crippen molar-refractivity contribution in [2.24, 2.45) is 0 Å². The van der Waals surface area contributed by atoms with E-state index in [4.69, 9.17) is 0 Å². The summed E-state index contributed by atoms with van der Waals surface area (Å²) < 4.78 is 14.3. The minimum Gasteiger partial charge on any atom is -0.324 e. The topological polar surface area (TPSA) is 64.0 Å². The van der Waals surface area contributed by atoms with Crippen molar-refractivity contribution in [3.63, 3.8) is 0 Å². The maximum atomic E-state index is 13.2. The lowest BCUT2D eigenvalue weighted by molar-refractivity contribution is -0.117. The number of carbonyl (C=O) groups is 1. The Kier molecular flexibility index (Phi) is 3.89. The molecule has 0 saturated heterocycles. The Labute approximate surface area is 131 Å². The molecular weight excluding hydrogens is 297 g/mol. The fourth-order valence-electron chi connectivity index (χ4n) is 2.29. The van der Waals surface area contributed by atoms with E-state index in [0.717, 1.165) is 15.6 Å². The molecule has 0 bridgehead atoms.